The molecule has 0 spiro atoms. The predicted molar refractivity (Wildman–Crippen MR) is 106 cm³/mol. The highest BCUT2D eigenvalue weighted by Crippen LogP contribution is 2.27. The van der Waals surface area contributed by atoms with E-state index in [0.29, 0.717) is 11.3 Å². The molecule has 2 N–H and O–H groups in total. The molecular weight excluding hydrogens is 340 g/mol. The van der Waals surface area contributed by atoms with Crippen LogP contribution in [0.5, 0.6) is 0 Å². The maximum atomic E-state index is 12.8. The number of hydrogen-bond donors (Lipinski definition) is 2. The van der Waals surface area contributed by atoms with Crippen LogP contribution in [0.2, 0.25) is 0 Å². The van der Waals surface area contributed by atoms with Crippen molar-refractivity contribution in [3.63, 3.8) is 0 Å². The van der Waals surface area contributed by atoms with Crippen molar-refractivity contribution in [1.82, 2.24) is 25.1 Å². The highest BCUT2D eigenvalue weighted by atomic mass is 16.1. The van der Waals surface area contributed by atoms with Gasteiger partial charge in [-0.15, -0.1) is 0 Å². The summed E-state index contributed by atoms with van der Waals surface area (Å²) in [6, 6.07) is 13.5. The number of nitrogens with zero attached hydrogens (tertiary/aromatic N) is 4. The van der Waals surface area contributed by atoms with E-state index in [-0.39, 0.29) is 5.56 Å². The van der Waals surface area contributed by atoms with Crippen molar-refractivity contribution in [3.8, 4) is 16.9 Å². The van der Waals surface area contributed by atoms with Crippen LogP contribution in [0, 0.1) is 0 Å². The number of anilines is 1. The molecule has 4 heterocycles. The van der Waals surface area contributed by atoms with Crippen molar-refractivity contribution in [2.45, 2.75) is 6.42 Å². The lowest BCUT2D eigenvalue weighted by Crippen LogP contribution is -2.28. The molecule has 0 radical (unpaired) electrons. The minimum absolute atomic E-state index is 0.138. The molecule has 0 unspecified atom stereocenters. The Morgan fingerprint density at radius 1 is 1.00 bits per heavy atom. The highest BCUT2D eigenvalue weighted by molar-refractivity contribution is 5.91. The van der Waals surface area contributed by atoms with Gasteiger partial charge in [0.2, 0.25) is 0 Å². The largest absolute Gasteiger partial charge is 0.359 e. The molecule has 136 valence electrons. The standard InChI is InChI=1S/C20H20N6O/c27-20-15-13-22-16-7-8-17(25-11-4-9-21-10-12-25)23-19(16)18(15)24-26(20)14-5-2-1-3-6-14/h1-3,5-8,13,21-22H,4,9-12H2. The van der Waals surface area contributed by atoms with E-state index in [4.69, 9.17) is 4.98 Å². The van der Waals surface area contributed by atoms with E-state index in [9.17, 15) is 4.79 Å². The summed E-state index contributed by atoms with van der Waals surface area (Å²) < 4.78 is 1.45. The van der Waals surface area contributed by atoms with Crippen LogP contribution < -0.4 is 15.8 Å². The monoisotopic (exact) mass is 360 g/mol. The van der Waals surface area contributed by atoms with Crippen LogP contribution in [0.3, 0.4) is 0 Å². The van der Waals surface area contributed by atoms with Gasteiger partial charge in [-0.3, -0.25) is 4.79 Å². The second-order valence-electron chi connectivity index (χ2n) is 6.76. The van der Waals surface area contributed by atoms with Gasteiger partial charge in [0.05, 0.1) is 16.8 Å². The second-order valence-corrected chi connectivity index (χ2v) is 6.76. The van der Waals surface area contributed by atoms with Gasteiger partial charge in [0.25, 0.3) is 5.56 Å². The zero-order chi connectivity index (χ0) is 18.2. The average molecular weight is 360 g/mol. The summed E-state index contributed by atoms with van der Waals surface area (Å²) in [4.78, 5) is 23.2. The minimum Gasteiger partial charge on any atom is -0.359 e. The van der Waals surface area contributed by atoms with Crippen molar-refractivity contribution in [2.24, 2.45) is 0 Å². The molecule has 0 aliphatic carbocycles. The van der Waals surface area contributed by atoms with Crippen LogP contribution in [0.25, 0.3) is 28.0 Å². The van der Waals surface area contributed by atoms with E-state index in [1.54, 1.807) is 6.20 Å². The summed E-state index contributed by atoms with van der Waals surface area (Å²) in [5.74, 6) is 0.925. The first-order chi connectivity index (χ1) is 13.3. The van der Waals surface area contributed by atoms with Crippen LogP contribution in [-0.2, 0) is 0 Å². The molecular formula is C20H20N6O. The van der Waals surface area contributed by atoms with Gasteiger partial charge in [-0.2, -0.15) is 9.78 Å². The molecule has 0 atom stereocenters. The van der Waals surface area contributed by atoms with Crippen LogP contribution in [-0.4, -0.2) is 45.9 Å². The topological polar surface area (TPSA) is 78.8 Å². The molecule has 7 heteroatoms. The van der Waals surface area contributed by atoms with Gasteiger partial charge >= 0.3 is 0 Å². The number of benzene rings is 1. The van der Waals surface area contributed by atoms with Crippen molar-refractivity contribution in [2.75, 3.05) is 31.1 Å². The van der Waals surface area contributed by atoms with E-state index in [1.807, 2.05) is 42.5 Å². The number of hydrogen-bond acceptors (Lipinski definition) is 5. The number of pyridine rings is 2. The van der Waals surface area contributed by atoms with Crippen molar-refractivity contribution >= 4 is 16.9 Å². The van der Waals surface area contributed by atoms with Gasteiger partial charge in [-0.25, -0.2) is 4.98 Å². The van der Waals surface area contributed by atoms with Crippen molar-refractivity contribution < 1.29 is 0 Å². The van der Waals surface area contributed by atoms with Crippen LogP contribution in [0.4, 0.5) is 5.82 Å². The summed E-state index contributed by atoms with van der Waals surface area (Å²) in [7, 11) is 0. The third-order valence-electron chi connectivity index (χ3n) is 5.02. The molecule has 1 aromatic carbocycles. The van der Waals surface area contributed by atoms with Gasteiger partial charge in [-0.1, -0.05) is 18.2 Å². The Kier molecular flexibility index (Phi) is 3.86. The van der Waals surface area contributed by atoms with Gasteiger partial charge in [0, 0.05) is 25.8 Å². The lowest BCUT2D eigenvalue weighted by Gasteiger charge is -2.21. The maximum absolute atomic E-state index is 12.8. The van der Waals surface area contributed by atoms with Crippen LogP contribution >= 0.6 is 0 Å². The average Bonchev–Trinajstić information content (AvgIpc) is 2.88. The van der Waals surface area contributed by atoms with E-state index >= 15 is 0 Å². The Morgan fingerprint density at radius 2 is 1.89 bits per heavy atom. The van der Waals surface area contributed by atoms with E-state index in [0.717, 1.165) is 55.1 Å². The Balaban J connectivity index is 1.67. The fourth-order valence-corrected chi connectivity index (χ4v) is 3.61. The van der Waals surface area contributed by atoms with E-state index in [1.165, 1.54) is 4.68 Å². The summed E-state index contributed by atoms with van der Waals surface area (Å²) in [6.07, 6.45) is 2.81. The maximum Gasteiger partial charge on any atom is 0.282 e. The summed E-state index contributed by atoms with van der Waals surface area (Å²) in [5.41, 5.74) is 3.40. The summed E-state index contributed by atoms with van der Waals surface area (Å²) in [5, 5.41) is 8.02. The highest BCUT2D eigenvalue weighted by Gasteiger charge is 2.21. The number of fused-ring (bicyclic) bond motifs is 3. The number of aromatic amines is 1. The molecule has 5 rings (SSSR count). The first-order valence-corrected chi connectivity index (χ1v) is 9.23. The third kappa shape index (κ3) is 2.76. The molecule has 27 heavy (non-hydrogen) atoms. The Bertz CT molecular complexity index is 1110. The predicted octanol–water partition coefficient (Wildman–Crippen LogP) is 2.01. The molecule has 1 saturated heterocycles. The molecule has 7 nitrogen and oxygen atoms in total. The van der Waals surface area contributed by atoms with Gasteiger partial charge in [0.15, 0.2) is 0 Å². The molecule has 0 bridgehead atoms. The first kappa shape index (κ1) is 16.0. The third-order valence-corrected chi connectivity index (χ3v) is 5.02. The Hall–Kier alpha value is -3.19. The number of aromatic nitrogens is 4. The summed E-state index contributed by atoms with van der Waals surface area (Å²) >= 11 is 0. The molecule has 0 saturated carbocycles. The zero-order valence-corrected chi connectivity index (χ0v) is 14.9. The number of para-hydroxylation sites is 1. The van der Waals surface area contributed by atoms with Crippen molar-refractivity contribution in [3.05, 3.63) is 59.0 Å². The van der Waals surface area contributed by atoms with Crippen LogP contribution in [0.1, 0.15) is 6.42 Å². The molecule has 3 aliphatic rings. The van der Waals surface area contributed by atoms with Crippen molar-refractivity contribution in [1.29, 1.82) is 0 Å². The van der Waals surface area contributed by atoms with Gasteiger partial charge < -0.3 is 15.2 Å². The molecule has 1 aromatic heterocycles. The lowest BCUT2D eigenvalue weighted by atomic mass is 10.2. The van der Waals surface area contributed by atoms with E-state index < -0.39 is 0 Å². The molecule has 2 aromatic rings. The fraction of sp³-hybridized carbons (Fsp3) is 0.250. The van der Waals surface area contributed by atoms with Gasteiger partial charge in [-0.05, 0) is 37.2 Å². The first-order valence-electron chi connectivity index (χ1n) is 9.23. The normalized spacial score (nSPS) is 15.3. The number of nitrogens with one attached hydrogen (secondary N) is 2. The van der Waals surface area contributed by atoms with Gasteiger partial charge in [0.1, 0.15) is 17.0 Å². The molecule has 1 fully saturated rings. The molecule has 3 aliphatic heterocycles. The lowest BCUT2D eigenvalue weighted by molar-refractivity contribution is 0.724. The SMILES string of the molecule is O=c1c2c[nH]c3ccc(N4CCCNCC4)nc3c-2nn1-c1ccccc1. The number of rotatable bonds is 2. The quantitative estimate of drug-likeness (QED) is 0.572. The number of H-pyrrole nitrogens is 1. The fourth-order valence-electron chi connectivity index (χ4n) is 3.61. The Labute approximate surface area is 156 Å². The molecule has 0 amide bonds. The second kappa shape index (κ2) is 6.51. The summed E-state index contributed by atoms with van der Waals surface area (Å²) in [6.45, 7) is 3.87. The smallest absolute Gasteiger partial charge is 0.282 e. The Morgan fingerprint density at radius 3 is 2.78 bits per heavy atom. The van der Waals surface area contributed by atoms with E-state index in [2.05, 4.69) is 20.3 Å². The van der Waals surface area contributed by atoms with Crippen LogP contribution in [0.15, 0.2) is 53.5 Å². The zero-order valence-electron chi connectivity index (χ0n) is 14.9. The minimum atomic E-state index is -0.138.